The summed E-state index contributed by atoms with van der Waals surface area (Å²) in [4.78, 5) is 24.5. The van der Waals surface area contributed by atoms with Gasteiger partial charge in [-0.25, -0.2) is 4.79 Å². The second-order valence-electron chi connectivity index (χ2n) is 3.68. The molecule has 3 N–H and O–H groups in total. The van der Waals surface area contributed by atoms with Crippen LogP contribution < -0.4 is 17.0 Å². The van der Waals surface area contributed by atoms with Gasteiger partial charge in [-0.15, -0.1) is 0 Å². The summed E-state index contributed by atoms with van der Waals surface area (Å²) in [6.07, 6.45) is 4.41. The van der Waals surface area contributed by atoms with E-state index in [-0.39, 0.29) is 23.3 Å². The van der Waals surface area contributed by atoms with Crippen LogP contribution in [0.4, 0.5) is 0 Å². The molecule has 1 saturated carbocycles. The molecule has 0 amide bonds. The molecule has 0 aliphatic heterocycles. The summed E-state index contributed by atoms with van der Waals surface area (Å²) in [7, 11) is 0. The standard InChI is InChI=1S/C9H13N3O2/c10-6-2-1-3-7(6)12-5-4-8(13)11-9(12)14/h4-7H,1-3,10H2,(H,11,13,14)/t6-,7-/m1/s1. The molecule has 0 aromatic carbocycles. The topological polar surface area (TPSA) is 80.9 Å². The maximum absolute atomic E-state index is 11.4. The van der Waals surface area contributed by atoms with Crippen LogP contribution in [0, 0.1) is 0 Å². The highest BCUT2D eigenvalue weighted by Crippen LogP contribution is 2.26. The number of hydrogen-bond acceptors (Lipinski definition) is 3. The molecule has 76 valence electrons. The molecule has 1 aromatic rings. The van der Waals surface area contributed by atoms with Crippen molar-refractivity contribution in [3.8, 4) is 0 Å². The lowest BCUT2D eigenvalue weighted by atomic mass is 10.2. The predicted molar refractivity (Wildman–Crippen MR) is 52.2 cm³/mol. The minimum Gasteiger partial charge on any atom is -0.326 e. The average Bonchev–Trinajstić information content (AvgIpc) is 2.52. The van der Waals surface area contributed by atoms with E-state index < -0.39 is 0 Å². The normalized spacial score (nSPS) is 26.6. The van der Waals surface area contributed by atoms with Crippen LogP contribution in [0.15, 0.2) is 21.9 Å². The van der Waals surface area contributed by atoms with Crippen molar-refractivity contribution in [2.45, 2.75) is 31.3 Å². The molecule has 0 spiro atoms. The van der Waals surface area contributed by atoms with Gasteiger partial charge in [-0.05, 0) is 19.3 Å². The molecule has 0 bridgehead atoms. The molecule has 1 aromatic heterocycles. The van der Waals surface area contributed by atoms with Crippen LogP contribution in [0.5, 0.6) is 0 Å². The Morgan fingerprint density at radius 3 is 2.79 bits per heavy atom. The van der Waals surface area contributed by atoms with Gasteiger partial charge in [0.15, 0.2) is 0 Å². The van der Waals surface area contributed by atoms with E-state index in [1.54, 1.807) is 0 Å². The number of nitrogens with one attached hydrogen (secondary N) is 1. The van der Waals surface area contributed by atoms with Crippen molar-refractivity contribution in [1.82, 2.24) is 9.55 Å². The average molecular weight is 195 g/mol. The lowest BCUT2D eigenvalue weighted by Gasteiger charge is -2.17. The minimum absolute atomic E-state index is 0.0265. The van der Waals surface area contributed by atoms with Gasteiger partial charge in [0.25, 0.3) is 5.56 Å². The highest BCUT2D eigenvalue weighted by atomic mass is 16.2. The maximum Gasteiger partial charge on any atom is 0.328 e. The third-order valence-corrected chi connectivity index (χ3v) is 2.74. The summed E-state index contributed by atoms with van der Waals surface area (Å²) in [5.74, 6) is 0. The zero-order valence-electron chi connectivity index (χ0n) is 7.77. The summed E-state index contributed by atoms with van der Waals surface area (Å²) in [5, 5.41) is 0. The van der Waals surface area contributed by atoms with Gasteiger partial charge in [0.1, 0.15) is 0 Å². The fraction of sp³-hybridized carbons (Fsp3) is 0.556. The Hall–Kier alpha value is -1.36. The molecular weight excluding hydrogens is 182 g/mol. The first-order chi connectivity index (χ1) is 6.68. The Kier molecular flexibility index (Phi) is 2.25. The van der Waals surface area contributed by atoms with Crippen molar-refractivity contribution in [2.24, 2.45) is 5.73 Å². The smallest absolute Gasteiger partial charge is 0.326 e. The van der Waals surface area contributed by atoms with Crippen molar-refractivity contribution in [2.75, 3.05) is 0 Å². The van der Waals surface area contributed by atoms with Gasteiger partial charge in [-0.2, -0.15) is 0 Å². The van der Waals surface area contributed by atoms with Gasteiger partial charge >= 0.3 is 5.69 Å². The van der Waals surface area contributed by atoms with Crippen molar-refractivity contribution >= 4 is 0 Å². The first kappa shape index (κ1) is 9.21. The molecule has 1 aliphatic rings. The molecule has 1 fully saturated rings. The summed E-state index contributed by atoms with van der Waals surface area (Å²) in [6, 6.07) is 1.42. The van der Waals surface area contributed by atoms with Gasteiger partial charge in [0.2, 0.25) is 0 Å². The maximum atomic E-state index is 11.4. The third kappa shape index (κ3) is 1.50. The zero-order valence-corrected chi connectivity index (χ0v) is 7.77. The fourth-order valence-corrected chi connectivity index (χ4v) is 2.00. The monoisotopic (exact) mass is 195 g/mol. The van der Waals surface area contributed by atoms with E-state index in [0.717, 1.165) is 19.3 Å². The summed E-state index contributed by atoms with van der Waals surface area (Å²) >= 11 is 0. The summed E-state index contributed by atoms with van der Waals surface area (Å²) in [6.45, 7) is 0. The molecule has 0 radical (unpaired) electrons. The highest BCUT2D eigenvalue weighted by Gasteiger charge is 2.25. The first-order valence-electron chi connectivity index (χ1n) is 4.75. The lowest BCUT2D eigenvalue weighted by Crippen LogP contribution is -2.37. The van der Waals surface area contributed by atoms with E-state index in [2.05, 4.69) is 4.98 Å². The first-order valence-corrected chi connectivity index (χ1v) is 4.75. The van der Waals surface area contributed by atoms with Crippen LogP contribution in [0.25, 0.3) is 0 Å². The van der Waals surface area contributed by atoms with E-state index in [1.165, 1.54) is 16.8 Å². The fourth-order valence-electron chi connectivity index (χ4n) is 2.00. The second kappa shape index (κ2) is 3.42. The molecule has 2 rings (SSSR count). The quantitative estimate of drug-likeness (QED) is 0.639. The van der Waals surface area contributed by atoms with Crippen molar-refractivity contribution in [3.63, 3.8) is 0 Å². The Balaban J connectivity index is 2.41. The van der Waals surface area contributed by atoms with Gasteiger partial charge < -0.3 is 5.73 Å². The van der Waals surface area contributed by atoms with Crippen LogP contribution in [-0.2, 0) is 0 Å². The van der Waals surface area contributed by atoms with Crippen LogP contribution >= 0.6 is 0 Å². The zero-order chi connectivity index (χ0) is 10.1. The molecule has 5 nitrogen and oxygen atoms in total. The summed E-state index contributed by atoms with van der Waals surface area (Å²) in [5.41, 5.74) is 5.14. The third-order valence-electron chi connectivity index (χ3n) is 2.74. The Bertz CT molecular complexity index is 434. The molecule has 1 heterocycles. The van der Waals surface area contributed by atoms with E-state index in [4.69, 9.17) is 5.73 Å². The number of aromatic nitrogens is 2. The molecule has 5 heteroatoms. The molecular formula is C9H13N3O2. The highest BCUT2D eigenvalue weighted by molar-refractivity contribution is 4.92. The van der Waals surface area contributed by atoms with Crippen molar-refractivity contribution in [1.29, 1.82) is 0 Å². The molecule has 2 atom stereocenters. The van der Waals surface area contributed by atoms with Gasteiger partial charge in [0.05, 0.1) is 6.04 Å². The van der Waals surface area contributed by atoms with Gasteiger partial charge in [-0.1, -0.05) is 0 Å². The lowest BCUT2D eigenvalue weighted by molar-refractivity contribution is 0.441. The van der Waals surface area contributed by atoms with Gasteiger partial charge in [0, 0.05) is 18.3 Å². The SMILES string of the molecule is N[C@@H]1CCC[C@H]1n1ccc(=O)[nH]c1=O. The minimum atomic E-state index is -0.363. The van der Waals surface area contributed by atoms with Gasteiger partial charge in [-0.3, -0.25) is 14.3 Å². The summed E-state index contributed by atoms with van der Waals surface area (Å²) < 4.78 is 1.53. The van der Waals surface area contributed by atoms with E-state index >= 15 is 0 Å². The van der Waals surface area contributed by atoms with Crippen LogP contribution in [0.1, 0.15) is 25.3 Å². The number of nitrogens with two attached hydrogens (primary N) is 1. The van der Waals surface area contributed by atoms with Crippen LogP contribution in [0.3, 0.4) is 0 Å². The van der Waals surface area contributed by atoms with Crippen molar-refractivity contribution in [3.05, 3.63) is 33.1 Å². The van der Waals surface area contributed by atoms with E-state index in [1.807, 2.05) is 0 Å². The number of hydrogen-bond donors (Lipinski definition) is 2. The van der Waals surface area contributed by atoms with Crippen LogP contribution in [0.2, 0.25) is 0 Å². The van der Waals surface area contributed by atoms with Crippen LogP contribution in [-0.4, -0.2) is 15.6 Å². The Morgan fingerprint density at radius 2 is 2.21 bits per heavy atom. The number of nitrogens with zero attached hydrogens (tertiary/aromatic N) is 1. The number of aromatic amines is 1. The number of rotatable bonds is 1. The largest absolute Gasteiger partial charge is 0.328 e. The Labute approximate surface area is 80.6 Å². The van der Waals surface area contributed by atoms with E-state index in [0.29, 0.717) is 0 Å². The Morgan fingerprint density at radius 1 is 1.43 bits per heavy atom. The second-order valence-corrected chi connectivity index (χ2v) is 3.68. The molecule has 1 aliphatic carbocycles. The van der Waals surface area contributed by atoms with E-state index in [9.17, 15) is 9.59 Å². The molecule has 14 heavy (non-hydrogen) atoms. The predicted octanol–water partition coefficient (Wildman–Crippen LogP) is -0.411. The number of H-pyrrole nitrogens is 1. The molecule has 0 unspecified atom stereocenters. The molecule has 0 saturated heterocycles. The van der Waals surface area contributed by atoms with Crippen molar-refractivity contribution < 1.29 is 0 Å².